The van der Waals surface area contributed by atoms with Gasteiger partial charge in [0.1, 0.15) is 0 Å². The lowest BCUT2D eigenvalue weighted by Crippen LogP contribution is -2.67. The summed E-state index contributed by atoms with van der Waals surface area (Å²) in [6.45, 7) is 7.93. The van der Waals surface area contributed by atoms with Gasteiger partial charge in [-0.1, -0.05) is 19.8 Å². The van der Waals surface area contributed by atoms with Crippen LogP contribution in [0.15, 0.2) is 0 Å². The monoisotopic (exact) mass is 255 g/mol. The van der Waals surface area contributed by atoms with Gasteiger partial charge < -0.3 is 14.8 Å². The smallest absolute Gasteiger partial charge is 0.0661 e. The van der Waals surface area contributed by atoms with E-state index in [2.05, 4.69) is 19.2 Å². The van der Waals surface area contributed by atoms with E-state index in [1.54, 1.807) is 0 Å². The highest BCUT2D eigenvalue weighted by Gasteiger charge is 2.58. The topological polar surface area (TPSA) is 30.5 Å². The van der Waals surface area contributed by atoms with Crippen LogP contribution in [0.25, 0.3) is 0 Å². The Morgan fingerprint density at radius 3 is 2.67 bits per heavy atom. The van der Waals surface area contributed by atoms with Crippen molar-refractivity contribution in [2.45, 2.75) is 64.5 Å². The van der Waals surface area contributed by atoms with Crippen LogP contribution in [0.4, 0.5) is 0 Å². The highest BCUT2D eigenvalue weighted by atomic mass is 16.5. The van der Waals surface area contributed by atoms with Gasteiger partial charge in [0.05, 0.1) is 12.7 Å². The van der Waals surface area contributed by atoms with E-state index in [-0.39, 0.29) is 0 Å². The maximum Gasteiger partial charge on any atom is 0.0661 e. The summed E-state index contributed by atoms with van der Waals surface area (Å²) in [5.74, 6) is 0. The molecule has 3 nitrogen and oxygen atoms in total. The quantitative estimate of drug-likeness (QED) is 0.643. The van der Waals surface area contributed by atoms with E-state index in [4.69, 9.17) is 9.47 Å². The molecular weight excluding hydrogens is 226 g/mol. The van der Waals surface area contributed by atoms with Gasteiger partial charge >= 0.3 is 0 Å². The lowest BCUT2D eigenvalue weighted by atomic mass is 9.51. The molecular formula is C15H29NO2. The average molecular weight is 255 g/mol. The number of rotatable bonds is 9. The van der Waals surface area contributed by atoms with E-state index >= 15 is 0 Å². The van der Waals surface area contributed by atoms with Crippen molar-refractivity contribution in [2.24, 2.45) is 5.41 Å². The predicted molar refractivity (Wildman–Crippen MR) is 73.8 cm³/mol. The minimum Gasteiger partial charge on any atom is -0.380 e. The fraction of sp³-hybridized carbons (Fsp3) is 1.00. The average Bonchev–Trinajstić information content (AvgIpc) is 2.28. The van der Waals surface area contributed by atoms with E-state index in [0.717, 1.165) is 26.4 Å². The summed E-state index contributed by atoms with van der Waals surface area (Å²) in [4.78, 5) is 0. The molecule has 2 unspecified atom stereocenters. The zero-order chi connectivity index (χ0) is 12.8. The molecule has 0 aromatic rings. The van der Waals surface area contributed by atoms with E-state index < -0.39 is 0 Å². The molecule has 106 valence electrons. The summed E-state index contributed by atoms with van der Waals surface area (Å²) in [6.07, 6.45) is 8.21. The minimum absolute atomic E-state index is 0.486. The highest BCUT2D eigenvalue weighted by Crippen LogP contribution is 2.57. The van der Waals surface area contributed by atoms with Crippen LogP contribution in [0.1, 0.15) is 52.4 Å². The molecule has 0 heterocycles. The van der Waals surface area contributed by atoms with Crippen molar-refractivity contribution in [3.8, 4) is 0 Å². The molecule has 0 aliphatic heterocycles. The van der Waals surface area contributed by atoms with Gasteiger partial charge in [0, 0.05) is 31.2 Å². The SMILES string of the molecule is CCCCOCCNC1CC(OCC)C12CCC2. The van der Waals surface area contributed by atoms with Crippen LogP contribution in [-0.4, -0.2) is 38.5 Å². The third-order valence-electron chi connectivity index (χ3n) is 4.72. The minimum atomic E-state index is 0.486. The molecule has 0 aromatic heterocycles. The second-order valence-electron chi connectivity index (χ2n) is 5.74. The fourth-order valence-electron chi connectivity index (χ4n) is 3.38. The van der Waals surface area contributed by atoms with Crippen molar-refractivity contribution in [2.75, 3.05) is 26.4 Å². The summed E-state index contributed by atoms with van der Waals surface area (Å²) in [6, 6.07) is 0.678. The van der Waals surface area contributed by atoms with Crippen molar-refractivity contribution >= 4 is 0 Å². The lowest BCUT2D eigenvalue weighted by Gasteiger charge is -2.61. The van der Waals surface area contributed by atoms with Crippen LogP contribution >= 0.6 is 0 Å². The summed E-state index contributed by atoms with van der Waals surface area (Å²) in [5.41, 5.74) is 0.486. The number of ether oxygens (including phenoxy) is 2. The first-order valence-electron chi connectivity index (χ1n) is 7.76. The Hall–Kier alpha value is -0.120. The van der Waals surface area contributed by atoms with Crippen molar-refractivity contribution in [1.29, 1.82) is 0 Å². The molecule has 2 saturated carbocycles. The van der Waals surface area contributed by atoms with E-state index in [0.29, 0.717) is 17.6 Å². The van der Waals surface area contributed by atoms with Gasteiger partial charge in [-0.3, -0.25) is 0 Å². The number of hydrogen-bond donors (Lipinski definition) is 1. The molecule has 0 bridgehead atoms. The van der Waals surface area contributed by atoms with Gasteiger partial charge in [-0.25, -0.2) is 0 Å². The first-order chi connectivity index (χ1) is 8.83. The standard InChI is InChI=1S/C15H29NO2/c1-3-5-10-17-11-9-16-13-12-14(18-4-2)15(13)7-6-8-15/h13-14,16H,3-12H2,1-2H3. The Morgan fingerprint density at radius 1 is 1.22 bits per heavy atom. The second kappa shape index (κ2) is 6.88. The Balaban J connectivity index is 1.59. The Kier molecular flexibility index (Phi) is 5.46. The van der Waals surface area contributed by atoms with Gasteiger partial charge in [0.25, 0.3) is 0 Å². The van der Waals surface area contributed by atoms with Crippen molar-refractivity contribution in [3.63, 3.8) is 0 Å². The van der Waals surface area contributed by atoms with Crippen LogP contribution in [0.5, 0.6) is 0 Å². The molecule has 1 N–H and O–H groups in total. The van der Waals surface area contributed by atoms with Crippen molar-refractivity contribution in [1.82, 2.24) is 5.32 Å². The Morgan fingerprint density at radius 2 is 2.06 bits per heavy atom. The van der Waals surface area contributed by atoms with E-state index in [9.17, 15) is 0 Å². The predicted octanol–water partition coefficient (Wildman–Crippen LogP) is 2.74. The van der Waals surface area contributed by atoms with Gasteiger partial charge in [-0.2, -0.15) is 0 Å². The molecule has 1 spiro atoms. The van der Waals surface area contributed by atoms with Crippen LogP contribution < -0.4 is 5.32 Å². The third kappa shape index (κ3) is 2.89. The molecule has 2 atom stereocenters. The second-order valence-corrected chi connectivity index (χ2v) is 5.74. The van der Waals surface area contributed by atoms with Gasteiger partial charge in [0.15, 0.2) is 0 Å². The highest BCUT2D eigenvalue weighted by molar-refractivity contribution is 5.12. The summed E-state index contributed by atoms with van der Waals surface area (Å²) in [5, 5.41) is 3.67. The summed E-state index contributed by atoms with van der Waals surface area (Å²) in [7, 11) is 0. The molecule has 2 rings (SSSR count). The van der Waals surface area contributed by atoms with Gasteiger partial charge in [0.2, 0.25) is 0 Å². The normalized spacial score (nSPS) is 29.0. The van der Waals surface area contributed by atoms with Crippen molar-refractivity contribution < 1.29 is 9.47 Å². The van der Waals surface area contributed by atoms with Crippen molar-refractivity contribution in [3.05, 3.63) is 0 Å². The van der Waals surface area contributed by atoms with Crippen LogP contribution in [0.2, 0.25) is 0 Å². The third-order valence-corrected chi connectivity index (χ3v) is 4.72. The van der Waals surface area contributed by atoms with E-state index in [1.807, 2.05) is 0 Å². The molecule has 0 aromatic carbocycles. The number of nitrogens with one attached hydrogen (secondary N) is 1. The Labute approximate surface area is 112 Å². The van der Waals surface area contributed by atoms with Gasteiger partial charge in [-0.15, -0.1) is 0 Å². The maximum absolute atomic E-state index is 5.85. The fourth-order valence-corrected chi connectivity index (χ4v) is 3.38. The molecule has 2 fully saturated rings. The Bertz CT molecular complexity index is 241. The maximum atomic E-state index is 5.85. The molecule has 0 radical (unpaired) electrons. The zero-order valence-corrected chi connectivity index (χ0v) is 12.0. The number of unbranched alkanes of at least 4 members (excludes halogenated alkanes) is 1. The molecule has 0 saturated heterocycles. The zero-order valence-electron chi connectivity index (χ0n) is 12.0. The number of hydrogen-bond acceptors (Lipinski definition) is 3. The summed E-state index contributed by atoms with van der Waals surface area (Å²) < 4.78 is 11.4. The molecule has 3 heteroatoms. The first kappa shape index (κ1) is 14.3. The first-order valence-corrected chi connectivity index (χ1v) is 7.76. The van der Waals surface area contributed by atoms with Crippen LogP contribution in [-0.2, 0) is 9.47 Å². The molecule has 2 aliphatic carbocycles. The molecule has 2 aliphatic rings. The summed E-state index contributed by atoms with van der Waals surface area (Å²) >= 11 is 0. The van der Waals surface area contributed by atoms with E-state index in [1.165, 1.54) is 38.5 Å². The van der Waals surface area contributed by atoms with Crippen LogP contribution in [0, 0.1) is 5.41 Å². The van der Waals surface area contributed by atoms with Crippen LogP contribution in [0.3, 0.4) is 0 Å². The molecule has 0 amide bonds. The largest absolute Gasteiger partial charge is 0.380 e. The van der Waals surface area contributed by atoms with Gasteiger partial charge in [-0.05, 0) is 32.6 Å². The lowest BCUT2D eigenvalue weighted by molar-refractivity contribution is -0.173. The molecule has 18 heavy (non-hydrogen) atoms.